The van der Waals surface area contributed by atoms with E-state index in [0.29, 0.717) is 0 Å². The zero-order valence-electron chi connectivity index (χ0n) is 15.9. The first-order valence-corrected chi connectivity index (χ1v) is 9.51. The number of halogens is 3. The third-order valence-electron chi connectivity index (χ3n) is 5.78. The molecule has 1 atom stereocenters. The van der Waals surface area contributed by atoms with Crippen molar-refractivity contribution in [1.82, 2.24) is 0 Å². The van der Waals surface area contributed by atoms with E-state index in [1.165, 1.54) is 27.8 Å². The van der Waals surface area contributed by atoms with Crippen LogP contribution in [0.15, 0.2) is 90.5 Å². The summed E-state index contributed by atoms with van der Waals surface area (Å²) < 4.78 is -0.0910. The molecular formula is C24H24Cl3Ti. The fraction of sp³-hybridized carbons (Fsp3) is 0.167. The van der Waals surface area contributed by atoms with Crippen molar-refractivity contribution in [1.29, 1.82) is 0 Å². The molecule has 1 aliphatic carbocycles. The molecule has 3 aromatic rings. The minimum absolute atomic E-state index is 0. The smallest absolute Gasteiger partial charge is 0.147 e. The maximum Gasteiger partial charge on any atom is -0.147 e. The molecule has 1 unspecified atom stereocenters. The topological polar surface area (TPSA) is 0 Å². The summed E-state index contributed by atoms with van der Waals surface area (Å²) in [4.78, 5) is 0. The summed E-state index contributed by atoms with van der Waals surface area (Å²) in [6.45, 7) is 4.68. The normalized spacial score (nSPS) is 17.2. The van der Waals surface area contributed by atoms with Gasteiger partial charge in [-0.15, -0.1) is 37.2 Å². The van der Waals surface area contributed by atoms with Gasteiger partial charge in [0.15, 0.2) is 0 Å². The van der Waals surface area contributed by atoms with Crippen molar-refractivity contribution in [2.24, 2.45) is 0 Å². The van der Waals surface area contributed by atoms with E-state index in [-0.39, 0.29) is 46.4 Å². The van der Waals surface area contributed by atoms with Crippen molar-refractivity contribution in [2.75, 3.05) is 0 Å². The van der Waals surface area contributed by atoms with Crippen LogP contribution < -0.4 is 0 Å². The number of benzene rings is 3. The first-order chi connectivity index (χ1) is 12.1. The van der Waals surface area contributed by atoms with Gasteiger partial charge in [0, 0.05) is 0 Å². The number of fused-ring (bicyclic) bond motifs is 1. The molecule has 3 aromatic carbocycles. The Labute approximate surface area is 198 Å². The molecule has 0 N–H and O–H groups in total. The van der Waals surface area contributed by atoms with Gasteiger partial charge in [-0.2, -0.15) is 0 Å². The molecule has 28 heavy (non-hydrogen) atoms. The first-order valence-electron chi connectivity index (χ1n) is 8.73. The Kier molecular flexibility index (Phi) is 8.63. The van der Waals surface area contributed by atoms with Crippen LogP contribution in [0.5, 0.6) is 0 Å². The molecule has 1 aliphatic rings. The third kappa shape index (κ3) is 3.62. The van der Waals surface area contributed by atoms with Crippen molar-refractivity contribution in [2.45, 2.75) is 23.0 Å². The Morgan fingerprint density at radius 2 is 1.11 bits per heavy atom. The monoisotopic (exact) mass is 465 g/mol. The Bertz CT molecular complexity index is 899. The molecule has 0 saturated carbocycles. The van der Waals surface area contributed by atoms with E-state index in [1.54, 1.807) is 0 Å². The summed E-state index contributed by atoms with van der Waals surface area (Å²) in [5.41, 5.74) is 6.75. The van der Waals surface area contributed by atoms with Crippen LogP contribution in [0.1, 0.15) is 36.1 Å². The molecule has 0 fully saturated rings. The van der Waals surface area contributed by atoms with Crippen molar-refractivity contribution >= 4 is 43.3 Å². The van der Waals surface area contributed by atoms with Crippen molar-refractivity contribution in [3.8, 4) is 0 Å². The predicted molar refractivity (Wildman–Crippen MR) is 123 cm³/mol. The van der Waals surface area contributed by atoms with Gasteiger partial charge in [0.05, 0.1) is 0 Å². The molecule has 0 saturated heterocycles. The number of rotatable bonds is 3. The molecule has 4 rings (SSSR count). The molecular weight excluding hydrogens is 442 g/mol. The van der Waals surface area contributed by atoms with Crippen molar-refractivity contribution in [3.05, 3.63) is 113 Å². The number of hydrogen-bond donors (Lipinski definition) is 0. The fourth-order valence-electron chi connectivity index (χ4n) is 4.32. The van der Waals surface area contributed by atoms with E-state index in [0.717, 1.165) is 0 Å². The van der Waals surface area contributed by atoms with E-state index in [4.69, 9.17) is 0 Å². The number of hydrogen-bond acceptors (Lipinski definition) is 0. The molecule has 0 nitrogen and oxygen atoms in total. The zero-order valence-corrected chi connectivity index (χ0v) is 19.9. The minimum Gasteiger partial charge on any atom is -0.147 e. The molecule has 0 aromatic heterocycles. The van der Waals surface area contributed by atoms with Crippen LogP contribution in [0.4, 0.5) is 0 Å². The Morgan fingerprint density at radius 3 is 1.61 bits per heavy atom. The van der Waals surface area contributed by atoms with Gasteiger partial charge < -0.3 is 0 Å². The van der Waals surface area contributed by atoms with Gasteiger partial charge in [-0.1, -0.05) is 0 Å². The van der Waals surface area contributed by atoms with Crippen LogP contribution in [-0.4, -0.2) is 0 Å². The SMILES string of the molecule is CC1=Cc2ccccc2[C]1([Ti])C(C)(c1ccccc1)c1ccccc1.Cl.Cl.Cl. The summed E-state index contributed by atoms with van der Waals surface area (Å²) in [5, 5.41) is 0. The Hall–Kier alpha value is -1.02. The van der Waals surface area contributed by atoms with Crippen molar-refractivity contribution < 1.29 is 20.4 Å². The van der Waals surface area contributed by atoms with E-state index in [2.05, 4.69) is 125 Å². The second kappa shape index (κ2) is 9.66. The molecule has 0 aliphatic heterocycles. The molecule has 0 amide bonds. The van der Waals surface area contributed by atoms with Gasteiger partial charge >= 0.3 is 162 Å². The van der Waals surface area contributed by atoms with Crippen LogP contribution in [-0.2, 0) is 29.6 Å². The van der Waals surface area contributed by atoms with E-state index < -0.39 is 0 Å². The predicted octanol–water partition coefficient (Wildman–Crippen LogP) is 7.12. The minimum atomic E-state index is -0.150. The first kappa shape index (κ1) is 25.0. The van der Waals surface area contributed by atoms with Gasteiger partial charge in [0.2, 0.25) is 0 Å². The van der Waals surface area contributed by atoms with Gasteiger partial charge in [-0.25, -0.2) is 0 Å². The number of allylic oxidation sites excluding steroid dienone is 1. The summed E-state index contributed by atoms with van der Waals surface area (Å²) >= 11 is 2.41. The van der Waals surface area contributed by atoms with Gasteiger partial charge in [-0.05, 0) is 0 Å². The second-order valence-corrected chi connectivity index (χ2v) is 8.19. The zero-order chi connectivity index (χ0) is 17.5. The summed E-state index contributed by atoms with van der Waals surface area (Å²) in [5.74, 6) is 0. The van der Waals surface area contributed by atoms with E-state index in [1.807, 2.05) is 0 Å². The maximum atomic E-state index is 2.41. The summed E-state index contributed by atoms with van der Waals surface area (Å²) in [7, 11) is 0. The quantitative estimate of drug-likeness (QED) is 0.361. The van der Waals surface area contributed by atoms with Gasteiger partial charge in [-0.3, -0.25) is 0 Å². The van der Waals surface area contributed by atoms with Crippen LogP contribution in [0.3, 0.4) is 0 Å². The molecule has 0 radical (unpaired) electrons. The fourth-order valence-corrected chi connectivity index (χ4v) is 5.24. The summed E-state index contributed by atoms with van der Waals surface area (Å²) in [6, 6.07) is 30.7. The standard InChI is InChI=1S/C24H21.3ClH.Ti/c1-18-17-19-11-9-10-16-22(19)23(18)24(2,20-12-5-3-6-13-20)21-14-7-4-8-15-21;;;;/h3-17H,1-2H3;3*1H;. The molecule has 0 bridgehead atoms. The molecule has 0 heterocycles. The maximum absolute atomic E-state index is 2.41. The van der Waals surface area contributed by atoms with Gasteiger partial charge in [0.25, 0.3) is 0 Å². The van der Waals surface area contributed by atoms with Crippen LogP contribution in [0, 0.1) is 0 Å². The third-order valence-corrected chi connectivity index (χ3v) is 7.60. The van der Waals surface area contributed by atoms with Gasteiger partial charge in [0.1, 0.15) is 0 Å². The Balaban J connectivity index is 0.00000131. The van der Waals surface area contributed by atoms with Crippen molar-refractivity contribution in [3.63, 3.8) is 0 Å². The van der Waals surface area contributed by atoms with Crippen LogP contribution >= 0.6 is 37.2 Å². The Morgan fingerprint density at radius 1 is 0.679 bits per heavy atom. The van der Waals surface area contributed by atoms with E-state index in [9.17, 15) is 0 Å². The molecule has 145 valence electrons. The van der Waals surface area contributed by atoms with E-state index >= 15 is 0 Å². The average Bonchev–Trinajstić information content (AvgIpc) is 2.94. The molecule has 0 spiro atoms. The second-order valence-electron chi connectivity index (χ2n) is 7.02. The average molecular weight is 467 g/mol. The van der Waals surface area contributed by atoms with Crippen LogP contribution in [0.25, 0.3) is 6.08 Å². The largest absolute Gasteiger partial charge is 0.147 e. The molecule has 4 heteroatoms. The summed E-state index contributed by atoms with van der Waals surface area (Å²) in [6.07, 6.45) is 2.36. The van der Waals surface area contributed by atoms with Crippen LogP contribution in [0.2, 0.25) is 0 Å².